The Bertz CT molecular complexity index is 396. The monoisotopic (exact) mass is 572 g/mol. The Hall–Kier alpha value is 1.16. The minimum absolute atomic E-state index is 0.442. The molecule has 0 bridgehead atoms. The van der Waals surface area contributed by atoms with Gasteiger partial charge in [0.1, 0.15) is 0 Å². The Morgan fingerprint density at radius 1 is 0.429 bits per heavy atom. The third-order valence-corrected chi connectivity index (χ3v) is 10.4. The molecule has 0 aliphatic rings. The normalized spacial score (nSPS) is 12.0. The second-order valence-electron chi connectivity index (χ2n) is 9.03. The zero-order valence-corrected chi connectivity index (χ0v) is 26.6. The molecule has 0 unspecified atom stereocenters. The van der Waals surface area contributed by atoms with Crippen LogP contribution in [0.15, 0.2) is 0 Å². The van der Waals surface area contributed by atoms with Gasteiger partial charge in [0.25, 0.3) is 0 Å². The van der Waals surface area contributed by atoms with Gasteiger partial charge in [-0.3, -0.25) is 13.6 Å². The maximum absolute atomic E-state index is 13.1. The van der Waals surface area contributed by atoms with Gasteiger partial charge < -0.3 is 0 Å². The lowest BCUT2D eigenvalue weighted by Crippen LogP contribution is -2.06. The van der Waals surface area contributed by atoms with Crippen LogP contribution < -0.4 is 0 Å². The van der Waals surface area contributed by atoms with Crippen LogP contribution in [0, 0.1) is 0 Å². The van der Waals surface area contributed by atoms with Gasteiger partial charge in [-0.15, -0.1) is 0 Å². The number of rotatable bonds is 30. The summed E-state index contributed by atoms with van der Waals surface area (Å²) >= 11 is 5.90. The highest BCUT2D eigenvalue weighted by molar-refractivity contribution is 7.99. The molecular formula is C27H57O4PS3. The molecule has 35 heavy (non-hydrogen) atoms. The Labute approximate surface area is 231 Å². The van der Waals surface area contributed by atoms with Crippen LogP contribution in [0.2, 0.25) is 0 Å². The van der Waals surface area contributed by atoms with E-state index in [4.69, 9.17) is 13.6 Å². The molecule has 0 aliphatic carbocycles. The average Bonchev–Trinajstić information content (AvgIpc) is 2.86. The van der Waals surface area contributed by atoms with Crippen LogP contribution in [0.25, 0.3) is 0 Å². The Balaban J connectivity index is 4.06. The molecule has 0 aliphatic heterocycles. The summed E-state index contributed by atoms with van der Waals surface area (Å²) in [5.74, 6) is 6.73. The first-order valence-electron chi connectivity index (χ1n) is 14.4. The van der Waals surface area contributed by atoms with Crippen molar-refractivity contribution in [1.29, 1.82) is 0 Å². The zero-order chi connectivity index (χ0) is 25.7. The van der Waals surface area contributed by atoms with Crippen molar-refractivity contribution in [2.45, 2.75) is 117 Å². The standard InChI is InChI=1S/C27H57O4PS3/c1-4-7-10-13-22-33-25-16-19-29-32(28,30-20-17-26-34-23-14-11-8-5-2)31-21-18-27-35-24-15-12-9-6-3/h4-27H2,1-3H3. The molecule has 0 aromatic heterocycles. The fourth-order valence-corrected chi connectivity index (χ4v) is 7.41. The number of unbranched alkanes of at least 4 members (excludes halogenated alkanes) is 9. The predicted octanol–water partition coefficient (Wildman–Crippen LogP) is 10.3. The molecule has 0 saturated heterocycles. The van der Waals surface area contributed by atoms with Crippen LogP contribution in [0.4, 0.5) is 0 Å². The van der Waals surface area contributed by atoms with Crippen LogP contribution in [-0.2, 0) is 18.1 Å². The summed E-state index contributed by atoms with van der Waals surface area (Å²) in [6.45, 7) is 8.06. The lowest BCUT2D eigenvalue weighted by molar-refractivity contribution is 0.114. The molecule has 0 fully saturated rings. The SMILES string of the molecule is CCCCCCSCCCOP(=O)(OCCCSCCCCCC)OCCCSCCCCCC. The van der Waals surface area contributed by atoms with E-state index < -0.39 is 7.82 Å². The topological polar surface area (TPSA) is 44.8 Å². The van der Waals surface area contributed by atoms with Crippen molar-refractivity contribution in [3.8, 4) is 0 Å². The van der Waals surface area contributed by atoms with Crippen LogP contribution in [0.5, 0.6) is 0 Å². The fourth-order valence-electron chi connectivity index (χ4n) is 3.32. The zero-order valence-electron chi connectivity index (χ0n) is 23.3. The Morgan fingerprint density at radius 2 is 0.714 bits per heavy atom. The number of hydrogen-bond acceptors (Lipinski definition) is 7. The maximum Gasteiger partial charge on any atom is 0.474 e. The van der Waals surface area contributed by atoms with Crippen molar-refractivity contribution in [1.82, 2.24) is 0 Å². The first kappa shape index (κ1) is 36.2. The van der Waals surface area contributed by atoms with Crippen molar-refractivity contribution in [3.63, 3.8) is 0 Å². The molecule has 4 nitrogen and oxygen atoms in total. The van der Waals surface area contributed by atoms with Gasteiger partial charge in [0, 0.05) is 0 Å². The third kappa shape index (κ3) is 28.0. The van der Waals surface area contributed by atoms with Gasteiger partial charge in [-0.25, -0.2) is 4.57 Å². The summed E-state index contributed by atoms with van der Waals surface area (Å²) < 4.78 is 30.3. The van der Waals surface area contributed by atoms with Gasteiger partial charge in [-0.2, -0.15) is 35.3 Å². The molecular weight excluding hydrogens is 515 g/mol. The summed E-state index contributed by atoms with van der Waals surface area (Å²) in [5.41, 5.74) is 0. The maximum atomic E-state index is 13.1. The largest absolute Gasteiger partial charge is 0.474 e. The predicted molar refractivity (Wildman–Crippen MR) is 164 cm³/mol. The highest BCUT2D eigenvalue weighted by Gasteiger charge is 2.26. The van der Waals surface area contributed by atoms with Gasteiger partial charge >= 0.3 is 7.82 Å². The molecule has 0 spiro atoms. The van der Waals surface area contributed by atoms with E-state index in [1.54, 1.807) is 0 Å². The van der Waals surface area contributed by atoms with E-state index in [0.29, 0.717) is 19.8 Å². The quantitative estimate of drug-likeness (QED) is 0.0626. The van der Waals surface area contributed by atoms with Gasteiger partial charge in [0.2, 0.25) is 0 Å². The smallest absolute Gasteiger partial charge is 0.287 e. The fraction of sp³-hybridized carbons (Fsp3) is 1.00. The van der Waals surface area contributed by atoms with E-state index >= 15 is 0 Å². The number of phosphoric ester groups is 1. The van der Waals surface area contributed by atoms with Crippen molar-refractivity contribution in [2.24, 2.45) is 0 Å². The molecule has 0 atom stereocenters. The summed E-state index contributed by atoms with van der Waals surface area (Å²) in [5, 5.41) is 0. The number of thioether (sulfide) groups is 3. The second-order valence-corrected chi connectivity index (χ2v) is 14.4. The Kier molecular flexibility index (Phi) is 30.7. The van der Waals surface area contributed by atoms with E-state index in [1.165, 1.54) is 94.3 Å². The lowest BCUT2D eigenvalue weighted by atomic mass is 10.2. The molecule has 0 N–H and O–H groups in total. The van der Waals surface area contributed by atoms with E-state index in [1.807, 2.05) is 35.3 Å². The van der Waals surface area contributed by atoms with E-state index in [9.17, 15) is 4.57 Å². The van der Waals surface area contributed by atoms with E-state index in [2.05, 4.69) is 20.8 Å². The minimum atomic E-state index is -3.46. The van der Waals surface area contributed by atoms with E-state index in [-0.39, 0.29) is 0 Å². The highest BCUT2D eigenvalue weighted by atomic mass is 32.2. The second kappa shape index (κ2) is 29.7. The highest BCUT2D eigenvalue weighted by Crippen LogP contribution is 2.49. The van der Waals surface area contributed by atoms with Crippen molar-refractivity contribution in [2.75, 3.05) is 54.3 Å². The van der Waals surface area contributed by atoms with E-state index in [0.717, 1.165) is 36.5 Å². The van der Waals surface area contributed by atoms with Crippen molar-refractivity contribution >= 4 is 43.1 Å². The van der Waals surface area contributed by atoms with Gasteiger partial charge in [0.05, 0.1) is 19.8 Å². The average molecular weight is 573 g/mol. The summed E-state index contributed by atoms with van der Waals surface area (Å²) in [7, 11) is -3.46. The van der Waals surface area contributed by atoms with Crippen LogP contribution in [0.3, 0.4) is 0 Å². The lowest BCUT2D eigenvalue weighted by Gasteiger charge is -2.18. The molecule has 0 amide bonds. The third-order valence-electron chi connectivity index (χ3n) is 5.47. The van der Waals surface area contributed by atoms with Gasteiger partial charge in [-0.05, 0) is 73.0 Å². The molecule has 0 saturated carbocycles. The molecule has 212 valence electrons. The molecule has 8 heteroatoms. The number of hydrogen-bond donors (Lipinski definition) is 0. The van der Waals surface area contributed by atoms with Crippen LogP contribution in [0.1, 0.15) is 117 Å². The summed E-state index contributed by atoms with van der Waals surface area (Å²) in [6, 6.07) is 0. The molecule has 0 aromatic rings. The summed E-state index contributed by atoms with van der Waals surface area (Å²) in [6.07, 6.45) is 18.3. The first-order valence-corrected chi connectivity index (χ1v) is 19.4. The molecule has 0 heterocycles. The molecule has 0 radical (unpaired) electrons. The van der Waals surface area contributed by atoms with Crippen LogP contribution in [-0.4, -0.2) is 54.3 Å². The molecule has 0 rings (SSSR count). The van der Waals surface area contributed by atoms with Gasteiger partial charge in [0.15, 0.2) is 0 Å². The van der Waals surface area contributed by atoms with Crippen molar-refractivity contribution in [3.05, 3.63) is 0 Å². The minimum Gasteiger partial charge on any atom is -0.287 e. The number of phosphoric acid groups is 1. The Morgan fingerprint density at radius 3 is 1.00 bits per heavy atom. The van der Waals surface area contributed by atoms with Crippen LogP contribution >= 0.6 is 43.1 Å². The summed E-state index contributed by atoms with van der Waals surface area (Å²) in [4.78, 5) is 0. The molecule has 0 aromatic carbocycles. The van der Waals surface area contributed by atoms with Crippen molar-refractivity contribution < 1.29 is 18.1 Å². The first-order chi connectivity index (χ1) is 17.2. The van der Waals surface area contributed by atoms with Gasteiger partial charge in [-0.1, -0.05) is 78.6 Å².